The predicted octanol–water partition coefficient (Wildman–Crippen LogP) is 4.58. The fraction of sp³-hybridized carbons (Fsp3) is 0.640. The molecule has 3 heteroatoms. The van der Waals surface area contributed by atoms with Gasteiger partial charge in [0.1, 0.15) is 5.78 Å². The molecule has 3 fully saturated rings. The smallest absolute Gasteiger partial charge is 0.142 e. The number of Topliss-reactive ketones (excluding diaryl/α,β-unsaturated/α-hetero) is 1. The van der Waals surface area contributed by atoms with Gasteiger partial charge in [0.05, 0.1) is 11.5 Å². The molecule has 4 rings (SSSR count). The maximum atomic E-state index is 13.9. The van der Waals surface area contributed by atoms with E-state index in [2.05, 4.69) is 25.6 Å². The molecule has 0 aromatic heterocycles. The molecule has 152 valence electrons. The zero-order chi connectivity index (χ0) is 19.9. The SMILES string of the molecule is C=C1[C@@H]2[C@@H](CO)C[C@](C(=O)CCc3ccccc3)([C@@H]2OC)[C@@]1(C)C1CCCC1. The van der Waals surface area contributed by atoms with Crippen LogP contribution in [-0.2, 0) is 16.0 Å². The molecule has 0 radical (unpaired) electrons. The van der Waals surface area contributed by atoms with E-state index in [1.165, 1.54) is 36.8 Å². The largest absolute Gasteiger partial charge is 0.396 e. The van der Waals surface area contributed by atoms with Crippen LogP contribution in [0.25, 0.3) is 0 Å². The number of aryl methyl sites for hydroxylation is 1. The number of rotatable bonds is 7. The van der Waals surface area contributed by atoms with Gasteiger partial charge in [-0.2, -0.15) is 0 Å². The zero-order valence-corrected chi connectivity index (χ0v) is 17.3. The predicted molar refractivity (Wildman–Crippen MR) is 111 cm³/mol. The van der Waals surface area contributed by atoms with Gasteiger partial charge in [0.2, 0.25) is 0 Å². The lowest BCUT2D eigenvalue weighted by Crippen LogP contribution is -2.52. The Morgan fingerprint density at radius 2 is 1.93 bits per heavy atom. The molecule has 0 amide bonds. The van der Waals surface area contributed by atoms with E-state index in [0.717, 1.165) is 12.8 Å². The molecule has 3 aliphatic rings. The minimum atomic E-state index is -0.541. The molecule has 5 atom stereocenters. The van der Waals surface area contributed by atoms with Crippen molar-refractivity contribution in [2.45, 2.75) is 58.0 Å². The van der Waals surface area contributed by atoms with Gasteiger partial charge in [0, 0.05) is 31.5 Å². The Hall–Kier alpha value is -1.45. The molecule has 1 aromatic carbocycles. The van der Waals surface area contributed by atoms with Crippen LogP contribution < -0.4 is 0 Å². The summed E-state index contributed by atoms with van der Waals surface area (Å²) < 4.78 is 6.04. The van der Waals surface area contributed by atoms with Crippen molar-refractivity contribution in [2.24, 2.45) is 28.6 Å². The fourth-order valence-corrected chi connectivity index (χ4v) is 7.16. The highest BCUT2D eigenvalue weighted by Gasteiger charge is 2.74. The van der Waals surface area contributed by atoms with Gasteiger partial charge < -0.3 is 9.84 Å². The molecule has 0 saturated heterocycles. The Morgan fingerprint density at radius 3 is 2.54 bits per heavy atom. The van der Waals surface area contributed by atoms with Crippen LogP contribution in [0.3, 0.4) is 0 Å². The van der Waals surface area contributed by atoms with Crippen molar-refractivity contribution in [2.75, 3.05) is 13.7 Å². The highest BCUT2D eigenvalue weighted by molar-refractivity contribution is 5.89. The molecule has 3 nitrogen and oxygen atoms in total. The molecular formula is C25H34O3. The Balaban J connectivity index is 1.71. The molecule has 28 heavy (non-hydrogen) atoms. The van der Waals surface area contributed by atoms with Gasteiger partial charge in [-0.3, -0.25) is 4.79 Å². The minimum absolute atomic E-state index is 0.0904. The maximum absolute atomic E-state index is 13.9. The summed E-state index contributed by atoms with van der Waals surface area (Å²) in [6.07, 6.45) is 6.73. The van der Waals surface area contributed by atoms with Crippen molar-refractivity contribution in [1.29, 1.82) is 0 Å². The summed E-state index contributed by atoms with van der Waals surface area (Å²) in [6.45, 7) is 6.94. The van der Waals surface area contributed by atoms with E-state index < -0.39 is 5.41 Å². The number of hydrogen-bond acceptors (Lipinski definition) is 3. The van der Waals surface area contributed by atoms with Crippen molar-refractivity contribution >= 4 is 5.78 Å². The maximum Gasteiger partial charge on any atom is 0.142 e. The Bertz CT molecular complexity index is 735. The summed E-state index contributed by atoms with van der Waals surface area (Å²) in [5, 5.41) is 10.1. The highest BCUT2D eigenvalue weighted by atomic mass is 16.5. The summed E-state index contributed by atoms with van der Waals surface area (Å²) in [5.74, 6) is 1.01. The number of carbonyl (C=O) groups is 1. The third-order valence-electron chi connectivity index (χ3n) is 8.54. The van der Waals surface area contributed by atoms with E-state index in [0.29, 0.717) is 18.1 Å². The first-order chi connectivity index (χ1) is 13.5. The zero-order valence-electron chi connectivity index (χ0n) is 17.3. The summed E-state index contributed by atoms with van der Waals surface area (Å²) >= 11 is 0. The third kappa shape index (κ3) is 2.59. The summed E-state index contributed by atoms with van der Waals surface area (Å²) in [4.78, 5) is 13.9. The van der Waals surface area contributed by atoms with Crippen LogP contribution in [0.4, 0.5) is 0 Å². The molecule has 1 aromatic rings. The number of fused-ring (bicyclic) bond motifs is 2. The fourth-order valence-electron chi connectivity index (χ4n) is 7.16. The van der Waals surface area contributed by atoms with E-state index in [1.807, 2.05) is 18.2 Å². The number of hydrogen-bond donors (Lipinski definition) is 1. The lowest BCUT2D eigenvalue weighted by Gasteiger charge is -2.50. The van der Waals surface area contributed by atoms with Gasteiger partial charge in [-0.05, 0) is 43.1 Å². The van der Waals surface area contributed by atoms with Gasteiger partial charge >= 0.3 is 0 Å². The molecule has 2 bridgehead atoms. The topological polar surface area (TPSA) is 46.5 Å². The molecule has 0 aliphatic heterocycles. The van der Waals surface area contributed by atoms with Crippen LogP contribution in [0.1, 0.15) is 51.0 Å². The lowest BCUT2D eigenvalue weighted by atomic mass is 9.52. The number of benzene rings is 1. The molecule has 3 aliphatic carbocycles. The summed E-state index contributed by atoms with van der Waals surface area (Å²) in [6, 6.07) is 10.3. The first-order valence-electron chi connectivity index (χ1n) is 10.9. The van der Waals surface area contributed by atoms with Crippen LogP contribution in [0, 0.1) is 28.6 Å². The first kappa shape index (κ1) is 19.8. The average molecular weight is 383 g/mol. The first-order valence-corrected chi connectivity index (χ1v) is 10.9. The van der Waals surface area contributed by atoms with Crippen LogP contribution in [0.5, 0.6) is 0 Å². The van der Waals surface area contributed by atoms with Gasteiger partial charge in [0.25, 0.3) is 0 Å². The second-order valence-corrected chi connectivity index (χ2v) is 9.42. The van der Waals surface area contributed by atoms with E-state index in [-0.39, 0.29) is 30.0 Å². The number of methoxy groups -OCH3 is 1. The molecule has 3 saturated carbocycles. The molecular weight excluding hydrogens is 348 g/mol. The third-order valence-corrected chi connectivity index (χ3v) is 8.54. The van der Waals surface area contributed by atoms with Crippen molar-refractivity contribution in [1.82, 2.24) is 0 Å². The van der Waals surface area contributed by atoms with E-state index in [9.17, 15) is 9.90 Å². The monoisotopic (exact) mass is 382 g/mol. The van der Waals surface area contributed by atoms with Gasteiger partial charge in [0.15, 0.2) is 0 Å². The van der Waals surface area contributed by atoms with Gasteiger partial charge in [-0.25, -0.2) is 0 Å². The number of ether oxygens (including phenoxy) is 1. The molecule has 0 heterocycles. The van der Waals surface area contributed by atoms with E-state index in [4.69, 9.17) is 4.74 Å². The van der Waals surface area contributed by atoms with Gasteiger partial charge in [-0.1, -0.05) is 62.2 Å². The second kappa shape index (κ2) is 7.42. The minimum Gasteiger partial charge on any atom is -0.396 e. The van der Waals surface area contributed by atoms with Crippen LogP contribution in [0.2, 0.25) is 0 Å². The number of carbonyl (C=O) groups excluding carboxylic acids is 1. The Morgan fingerprint density at radius 1 is 1.25 bits per heavy atom. The summed E-state index contributed by atoms with van der Waals surface area (Å²) in [5.41, 5.74) is 1.62. The van der Waals surface area contributed by atoms with E-state index in [1.54, 1.807) is 7.11 Å². The lowest BCUT2D eigenvalue weighted by molar-refractivity contribution is -0.145. The van der Waals surface area contributed by atoms with Crippen molar-refractivity contribution in [3.8, 4) is 0 Å². The molecule has 0 unspecified atom stereocenters. The number of ketones is 1. The van der Waals surface area contributed by atoms with Crippen molar-refractivity contribution < 1.29 is 14.6 Å². The van der Waals surface area contributed by atoms with Gasteiger partial charge in [-0.15, -0.1) is 0 Å². The molecule has 1 N–H and O–H groups in total. The number of aliphatic hydroxyl groups excluding tert-OH is 1. The normalized spacial score (nSPS) is 37.7. The van der Waals surface area contributed by atoms with E-state index >= 15 is 0 Å². The van der Waals surface area contributed by atoms with Crippen LogP contribution >= 0.6 is 0 Å². The van der Waals surface area contributed by atoms with Crippen LogP contribution in [0.15, 0.2) is 42.5 Å². The standard InChI is InChI=1S/C25H34O3/c1-17-22-19(16-26)15-25(23(22)28-3,24(17,2)20-11-7-8-12-20)21(27)14-13-18-9-5-4-6-10-18/h4-6,9-10,19-20,22-23,26H,1,7-8,11-16H2,2-3H3/t19-,22-,23-,24-,25+/m1/s1. The van der Waals surface area contributed by atoms with Crippen LogP contribution in [-0.4, -0.2) is 30.7 Å². The Kier molecular flexibility index (Phi) is 5.26. The molecule has 0 spiro atoms. The Labute approximate surface area is 169 Å². The highest BCUT2D eigenvalue weighted by Crippen LogP contribution is 2.73. The second-order valence-electron chi connectivity index (χ2n) is 9.42. The quantitative estimate of drug-likeness (QED) is 0.702. The number of aliphatic hydroxyl groups is 1. The average Bonchev–Trinajstić information content (AvgIpc) is 3.41. The summed E-state index contributed by atoms with van der Waals surface area (Å²) in [7, 11) is 1.74. The van der Waals surface area contributed by atoms with Crippen molar-refractivity contribution in [3.05, 3.63) is 48.0 Å². The van der Waals surface area contributed by atoms with Crippen molar-refractivity contribution in [3.63, 3.8) is 0 Å².